The number of nitrogens with one attached hydrogen (secondary N) is 1. The smallest absolute Gasteiger partial charge is 0.507 e. The van der Waals surface area contributed by atoms with Crippen molar-refractivity contribution < 1.29 is 37.7 Å². The van der Waals surface area contributed by atoms with Gasteiger partial charge >= 0.3 is 12.3 Å². The van der Waals surface area contributed by atoms with E-state index in [-0.39, 0.29) is 23.5 Å². The number of aromatic hydroxyl groups is 1. The van der Waals surface area contributed by atoms with Crippen molar-refractivity contribution in [3.8, 4) is 22.6 Å². The van der Waals surface area contributed by atoms with E-state index in [1.54, 1.807) is 48.5 Å². The van der Waals surface area contributed by atoms with Crippen LogP contribution < -0.4 is 10.1 Å². The minimum atomic E-state index is -4.77. The van der Waals surface area contributed by atoms with Gasteiger partial charge in [0.2, 0.25) is 0 Å². The van der Waals surface area contributed by atoms with Gasteiger partial charge in [0.1, 0.15) is 17.5 Å². The predicted octanol–water partition coefficient (Wildman–Crippen LogP) is 5.54. The molecule has 0 aliphatic rings. The summed E-state index contributed by atoms with van der Waals surface area (Å²) in [6.45, 7) is 0. The number of carboxylic acid groups (broad SMARTS) is 1. The van der Waals surface area contributed by atoms with E-state index >= 15 is 0 Å². The third-order valence-electron chi connectivity index (χ3n) is 5.53. The van der Waals surface area contributed by atoms with Crippen LogP contribution in [0.5, 0.6) is 11.5 Å². The molecule has 0 aliphatic heterocycles. The number of rotatable bonds is 7. The van der Waals surface area contributed by atoms with Crippen molar-refractivity contribution in [2.75, 3.05) is 0 Å². The van der Waals surface area contributed by atoms with Gasteiger partial charge in [-0.3, -0.25) is 4.79 Å². The van der Waals surface area contributed by atoms with Crippen LogP contribution in [0.2, 0.25) is 0 Å². The zero-order chi connectivity index (χ0) is 25.9. The number of alkyl halides is 3. The highest BCUT2D eigenvalue weighted by molar-refractivity contribution is 6.02. The predicted molar refractivity (Wildman–Crippen MR) is 127 cm³/mol. The molecule has 4 rings (SSSR count). The summed E-state index contributed by atoms with van der Waals surface area (Å²) in [5.74, 6) is -2.55. The molecule has 0 fully saturated rings. The normalized spacial score (nSPS) is 12.2. The number of halogens is 3. The summed E-state index contributed by atoms with van der Waals surface area (Å²) >= 11 is 0. The molecular formula is C27H20F3NO5. The van der Waals surface area contributed by atoms with Gasteiger partial charge in [0.15, 0.2) is 0 Å². The van der Waals surface area contributed by atoms with Gasteiger partial charge in [-0.2, -0.15) is 0 Å². The fourth-order valence-electron chi connectivity index (χ4n) is 3.76. The highest BCUT2D eigenvalue weighted by Gasteiger charge is 2.31. The van der Waals surface area contributed by atoms with Crippen molar-refractivity contribution in [1.82, 2.24) is 5.32 Å². The van der Waals surface area contributed by atoms with E-state index in [0.29, 0.717) is 16.7 Å². The third kappa shape index (κ3) is 5.93. The second kappa shape index (κ2) is 9.99. The molecule has 1 amide bonds. The summed E-state index contributed by atoms with van der Waals surface area (Å²) in [6, 6.07) is 20.9. The molecule has 1 unspecified atom stereocenters. The van der Waals surface area contributed by atoms with Crippen LogP contribution in [0.3, 0.4) is 0 Å². The maximum Gasteiger partial charge on any atom is 0.573 e. The number of phenols is 1. The van der Waals surface area contributed by atoms with Crippen molar-refractivity contribution in [3.05, 3.63) is 96.1 Å². The van der Waals surface area contributed by atoms with Crippen LogP contribution >= 0.6 is 0 Å². The van der Waals surface area contributed by atoms with Crippen LogP contribution in [0.25, 0.3) is 21.9 Å². The van der Waals surface area contributed by atoms with E-state index in [0.717, 1.165) is 10.8 Å². The molecule has 3 N–H and O–H groups in total. The fraction of sp³-hybridized carbons (Fsp3) is 0.111. The minimum Gasteiger partial charge on any atom is -0.507 e. The van der Waals surface area contributed by atoms with E-state index < -0.39 is 24.3 Å². The minimum absolute atomic E-state index is 0.0198. The van der Waals surface area contributed by atoms with Gasteiger partial charge in [-0.15, -0.1) is 13.2 Å². The van der Waals surface area contributed by atoms with E-state index in [1.807, 2.05) is 0 Å². The average molecular weight is 495 g/mol. The summed E-state index contributed by atoms with van der Waals surface area (Å²) in [5, 5.41) is 23.8. The monoisotopic (exact) mass is 495 g/mol. The average Bonchev–Trinajstić information content (AvgIpc) is 2.83. The Morgan fingerprint density at radius 2 is 1.42 bits per heavy atom. The highest BCUT2D eigenvalue weighted by atomic mass is 19.4. The van der Waals surface area contributed by atoms with Crippen molar-refractivity contribution in [2.45, 2.75) is 18.8 Å². The number of fused-ring (bicyclic) bond motifs is 1. The van der Waals surface area contributed by atoms with Gasteiger partial charge in [0, 0.05) is 6.42 Å². The number of ether oxygens (including phenoxy) is 1. The largest absolute Gasteiger partial charge is 0.573 e. The van der Waals surface area contributed by atoms with Crippen LogP contribution in [-0.2, 0) is 11.2 Å². The van der Waals surface area contributed by atoms with Gasteiger partial charge < -0.3 is 20.3 Å². The second-order valence-electron chi connectivity index (χ2n) is 8.05. The molecule has 0 saturated carbocycles. The van der Waals surface area contributed by atoms with E-state index in [4.69, 9.17) is 0 Å². The Balaban J connectivity index is 1.46. The summed E-state index contributed by atoms with van der Waals surface area (Å²) < 4.78 is 40.8. The molecule has 0 saturated heterocycles. The number of hydrogen-bond acceptors (Lipinski definition) is 4. The maximum absolute atomic E-state index is 12.8. The fourth-order valence-corrected chi connectivity index (χ4v) is 3.76. The molecule has 36 heavy (non-hydrogen) atoms. The standard InChI is InChI=1S/C27H20F3NO5/c28-27(29,30)36-21-11-9-18(10-12-21)17-7-5-16(6-8-17)13-23(26(34)35)31-25(33)22-14-19-3-1-2-4-20(19)15-24(22)32/h1-12,14-15,23,32H,13H2,(H,31,33)(H,34,35). The molecule has 0 aromatic heterocycles. The summed E-state index contributed by atoms with van der Waals surface area (Å²) in [4.78, 5) is 24.6. The molecule has 6 nitrogen and oxygen atoms in total. The second-order valence-corrected chi connectivity index (χ2v) is 8.05. The quantitative estimate of drug-likeness (QED) is 0.313. The van der Waals surface area contributed by atoms with Crippen LogP contribution in [0.15, 0.2) is 84.9 Å². The Bertz CT molecular complexity index is 1400. The first-order valence-corrected chi connectivity index (χ1v) is 10.8. The zero-order valence-corrected chi connectivity index (χ0v) is 18.6. The van der Waals surface area contributed by atoms with Crippen LogP contribution in [0, 0.1) is 0 Å². The Labute approximate surface area is 203 Å². The maximum atomic E-state index is 12.8. The van der Waals surface area contributed by atoms with Crippen molar-refractivity contribution in [2.24, 2.45) is 0 Å². The molecule has 0 heterocycles. The van der Waals surface area contributed by atoms with Crippen LogP contribution in [-0.4, -0.2) is 34.5 Å². The third-order valence-corrected chi connectivity index (χ3v) is 5.53. The molecule has 184 valence electrons. The molecule has 4 aromatic rings. The first kappa shape index (κ1) is 24.6. The van der Waals surface area contributed by atoms with E-state index in [1.165, 1.54) is 36.4 Å². The number of carbonyl (C=O) groups excluding carboxylic acids is 1. The van der Waals surface area contributed by atoms with Gasteiger partial charge in [-0.1, -0.05) is 60.7 Å². The molecule has 0 radical (unpaired) electrons. The molecule has 4 aromatic carbocycles. The van der Waals surface area contributed by atoms with Crippen LogP contribution in [0.1, 0.15) is 15.9 Å². The first-order chi connectivity index (χ1) is 17.1. The lowest BCUT2D eigenvalue weighted by Crippen LogP contribution is -2.42. The number of phenolic OH excluding ortho intramolecular Hbond substituents is 1. The molecule has 0 spiro atoms. The molecular weight excluding hydrogens is 475 g/mol. The van der Waals surface area contributed by atoms with E-state index in [2.05, 4.69) is 10.1 Å². The highest BCUT2D eigenvalue weighted by Crippen LogP contribution is 2.27. The van der Waals surface area contributed by atoms with Crippen molar-refractivity contribution >= 4 is 22.6 Å². The number of hydrogen-bond donors (Lipinski definition) is 3. The number of amides is 1. The van der Waals surface area contributed by atoms with Gasteiger partial charge in [-0.25, -0.2) is 4.79 Å². The summed E-state index contributed by atoms with van der Waals surface area (Å²) in [6.07, 6.45) is -4.79. The Morgan fingerprint density at radius 1 is 0.861 bits per heavy atom. The van der Waals surface area contributed by atoms with E-state index in [9.17, 15) is 33.0 Å². The lowest BCUT2D eigenvalue weighted by Gasteiger charge is -2.16. The van der Waals surface area contributed by atoms with Crippen molar-refractivity contribution in [3.63, 3.8) is 0 Å². The Morgan fingerprint density at radius 3 is 1.97 bits per heavy atom. The van der Waals surface area contributed by atoms with Gasteiger partial charge in [0.25, 0.3) is 5.91 Å². The van der Waals surface area contributed by atoms with Gasteiger partial charge in [-0.05, 0) is 51.7 Å². The topological polar surface area (TPSA) is 95.9 Å². The lowest BCUT2D eigenvalue weighted by atomic mass is 10.00. The summed E-state index contributed by atoms with van der Waals surface area (Å²) in [7, 11) is 0. The van der Waals surface area contributed by atoms with Gasteiger partial charge in [0.05, 0.1) is 5.56 Å². The molecule has 1 atom stereocenters. The van der Waals surface area contributed by atoms with Crippen molar-refractivity contribution in [1.29, 1.82) is 0 Å². The Kier molecular flexibility index (Phi) is 6.82. The van der Waals surface area contributed by atoms with Crippen LogP contribution in [0.4, 0.5) is 13.2 Å². The summed E-state index contributed by atoms with van der Waals surface area (Å²) in [5.41, 5.74) is 1.93. The lowest BCUT2D eigenvalue weighted by molar-refractivity contribution is -0.274. The Hall–Kier alpha value is -4.53. The number of carbonyl (C=O) groups is 2. The SMILES string of the molecule is O=C(NC(Cc1ccc(-c2ccc(OC(F)(F)F)cc2)cc1)C(=O)O)c1cc2ccccc2cc1O. The first-order valence-electron chi connectivity index (χ1n) is 10.8. The number of carboxylic acids is 1. The zero-order valence-electron chi connectivity index (χ0n) is 18.6. The number of benzene rings is 4. The number of aliphatic carboxylic acids is 1. The molecule has 9 heteroatoms. The molecule has 0 aliphatic carbocycles. The molecule has 0 bridgehead atoms.